The Bertz CT molecular complexity index is 819. The summed E-state index contributed by atoms with van der Waals surface area (Å²) in [4.78, 5) is 30.9. The van der Waals surface area contributed by atoms with Crippen molar-refractivity contribution in [3.05, 3.63) is 46.0 Å². The number of aromatic nitrogens is 2. The minimum atomic E-state index is -0.342. The van der Waals surface area contributed by atoms with E-state index in [1.807, 2.05) is 25.1 Å². The maximum absolute atomic E-state index is 12.3. The number of carbonyl (C=O) groups excluding carboxylic acids is 1. The Hall–Kier alpha value is -2.28. The summed E-state index contributed by atoms with van der Waals surface area (Å²) in [6.07, 6.45) is 3.93. The first-order chi connectivity index (χ1) is 12.2. The van der Waals surface area contributed by atoms with E-state index in [1.165, 1.54) is 11.8 Å². The van der Waals surface area contributed by atoms with Gasteiger partial charge in [0, 0.05) is 11.3 Å². The monoisotopic (exact) mass is 359 g/mol. The minimum absolute atomic E-state index is 0.149. The molecule has 0 aliphatic heterocycles. The second kappa shape index (κ2) is 8.20. The van der Waals surface area contributed by atoms with Crippen molar-refractivity contribution in [3.63, 3.8) is 0 Å². The highest BCUT2D eigenvalue weighted by molar-refractivity contribution is 8.00. The lowest BCUT2D eigenvalue weighted by atomic mass is 9.98. The summed E-state index contributed by atoms with van der Waals surface area (Å²) in [7, 11) is 0. The zero-order valence-corrected chi connectivity index (χ0v) is 14.9. The number of nitrogens with zero attached hydrogens (tertiary/aromatic N) is 1. The van der Waals surface area contributed by atoms with E-state index in [1.54, 1.807) is 6.07 Å². The van der Waals surface area contributed by atoms with Gasteiger partial charge < -0.3 is 15.0 Å². The highest BCUT2D eigenvalue weighted by atomic mass is 32.2. The van der Waals surface area contributed by atoms with Gasteiger partial charge in [-0.1, -0.05) is 23.9 Å². The third kappa shape index (κ3) is 4.42. The maximum Gasteiger partial charge on any atom is 0.346 e. The average Bonchev–Trinajstić information content (AvgIpc) is 2.61. The summed E-state index contributed by atoms with van der Waals surface area (Å²) >= 11 is 1.31. The number of carbonyl (C=O) groups is 1. The molecule has 0 spiro atoms. The minimum Gasteiger partial charge on any atom is -0.492 e. The van der Waals surface area contributed by atoms with Gasteiger partial charge in [-0.3, -0.25) is 4.79 Å². The lowest BCUT2D eigenvalue weighted by molar-refractivity contribution is -0.113. The lowest BCUT2D eigenvalue weighted by Gasteiger charge is -2.17. The number of hydrogen-bond donors (Lipinski definition) is 2. The second-order valence-electron chi connectivity index (χ2n) is 5.78. The van der Waals surface area contributed by atoms with Gasteiger partial charge in [-0.15, -0.1) is 0 Å². The lowest BCUT2D eigenvalue weighted by Crippen LogP contribution is -2.21. The molecule has 2 aromatic rings. The second-order valence-corrected chi connectivity index (χ2v) is 6.74. The molecule has 1 aromatic heterocycles. The van der Waals surface area contributed by atoms with Crippen LogP contribution in [0.1, 0.15) is 31.0 Å². The van der Waals surface area contributed by atoms with Gasteiger partial charge >= 0.3 is 5.69 Å². The van der Waals surface area contributed by atoms with Crippen molar-refractivity contribution in [2.24, 2.45) is 0 Å². The van der Waals surface area contributed by atoms with Crippen LogP contribution in [0.15, 0.2) is 34.1 Å². The van der Waals surface area contributed by atoms with Gasteiger partial charge in [-0.05, 0) is 44.7 Å². The number of nitrogens with one attached hydrogen (secondary N) is 2. The molecule has 3 rings (SSSR count). The van der Waals surface area contributed by atoms with Crippen molar-refractivity contribution < 1.29 is 9.53 Å². The van der Waals surface area contributed by atoms with Gasteiger partial charge in [0.05, 0.1) is 18.0 Å². The molecule has 0 radical (unpaired) electrons. The molecule has 0 saturated heterocycles. The van der Waals surface area contributed by atoms with Gasteiger partial charge in [-0.25, -0.2) is 4.79 Å². The Morgan fingerprint density at radius 2 is 2.12 bits per heavy atom. The van der Waals surface area contributed by atoms with E-state index in [0.29, 0.717) is 23.1 Å². The highest BCUT2D eigenvalue weighted by Gasteiger charge is 2.17. The van der Waals surface area contributed by atoms with Crippen molar-refractivity contribution >= 4 is 23.4 Å². The van der Waals surface area contributed by atoms with Gasteiger partial charge in [0.25, 0.3) is 0 Å². The molecule has 1 heterocycles. The molecule has 2 N–H and O–H groups in total. The van der Waals surface area contributed by atoms with Crippen molar-refractivity contribution in [2.75, 3.05) is 17.7 Å². The SMILES string of the molecule is CCOc1ccccc1NC(=O)CSc1nc(=O)[nH]c2c1CCCC2. The first kappa shape index (κ1) is 17.5. The predicted molar refractivity (Wildman–Crippen MR) is 98.5 cm³/mol. The summed E-state index contributed by atoms with van der Waals surface area (Å²) in [5, 5.41) is 3.53. The molecule has 0 unspecified atom stereocenters. The third-order valence-corrected chi connectivity index (χ3v) is 5.01. The van der Waals surface area contributed by atoms with Crippen LogP contribution >= 0.6 is 11.8 Å². The smallest absolute Gasteiger partial charge is 0.346 e. The molecule has 25 heavy (non-hydrogen) atoms. The van der Waals surface area contributed by atoms with Crippen LogP contribution in [-0.2, 0) is 17.6 Å². The normalized spacial score (nSPS) is 13.2. The average molecular weight is 359 g/mol. The van der Waals surface area contributed by atoms with Crippen LogP contribution in [0, 0.1) is 0 Å². The Labute approximate surface area is 150 Å². The summed E-state index contributed by atoms with van der Waals surface area (Å²) in [5.41, 5.74) is 2.36. The fourth-order valence-corrected chi connectivity index (χ4v) is 3.77. The van der Waals surface area contributed by atoms with Crippen LogP contribution in [0.2, 0.25) is 0 Å². The number of para-hydroxylation sites is 2. The van der Waals surface area contributed by atoms with E-state index in [9.17, 15) is 9.59 Å². The van der Waals surface area contributed by atoms with Crippen LogP contribution in [0.25, 0.3) is 0 Å². The van der Waals surface area contributed by atoms with Gasteiger partial charge in [-0.2, -0.15) is 4.98 Å². The number of anilines is 1. The molecule has 1 aliphatic rings. The van der Waals surface area contributed by atoms with E-state index in [4.69, 9.17) is 4.74 Å². The summed E-state index contributed by atoms with van der Waals surface area (Å²) < 4.78 is 5.51. The maximum atomic E-state index is 12.3. The fraction of sp³-hybridized carbons (Fsp3) is 0.389. The van der Waals surface area contributed by atoms with E-state index in [-0.39, 0.29) is 17.3 Å². The quantitative estimate of drug-likeness (QED) is 0.612. The number of amides is 1. The molecular formula is C18H21N3O3S. The Morgan fingerprint density at radius 1 is 1.32 bits per heavy atom. The standard InChI is InChI=1S/C18H21N3O3S/c1-2-24-15-10-6-5-9-14(15)19-16(22)11-25-17-12-7-3-4-8-13(12)20-18(23)21-17/h5-6,9-10H,2-4,7-8,11H2,1H3,(H,19,22)(H,20,21,23). The van der Waals surface area contributed by atoms with Crippen LogP contribution in [0.5, 0.6) is 5.75 Å². The molecule has 0 atom stereocenters. The van der Waals surface area contributed by atoms with Crippen molar-refractivity contribution in [1.29, 1.82) is 0 Å². The van der Waals surface area contributed by atoms with Crippen LogP contribution in [0.4, 0.5) is 5.69 Å². The molecule has 6 nitrogen and oxygen atoms in total. The molecule has 1 aromatic carbocycles. The molecule has 1 amide bonds. The zero-order valence-electron chi connectivity index (χ0n) is 14.1. The van der Waals surface area contributed by atoms with E-state index in [0.717, 1.165) is 36.9 Å². The summed E-state index contributed by atoms with van der Waals surface area (Å²) in [6, 6.07) is 7.34. The predicted octanol–water partition coefficient (Wildman–Crippen LogP) is 2.78. The summed E-state index contributed by atoms with van der Waals surface area (Å²) in [6.45, 7) is 2.43. The number of ether oxygens (including phenoxy) is 1. The zero-order chi connectivity index (χ0) is 17.6. The molecule has 0 fully saturated rings. The number of benzene rings is 1. The molecule has 0 bridgehead atoms. The third-order valence-electron chi connectivity index (χ3n) is 3.99. The first-order valence-electron chi connectivity index (χ1n) is 8.44. The number of aromatic amines is 1. The number of hydrogen-bond acceptors (Lipinski definition) is 5. The topological polar surface area (TPSA) is 84.1 Å². The molecule has 0 saturated carbocycles. The van der Waals surface area contributed by atoms with Gasteiger partial charge in [0.1, 0.15) is 10.8 Å². The first-order valence-corrected chi connectivity index (χ1v) is 9.42. The number of rotatable bonds is 6. The number of fused-ring (bicyclic) bond motifs is 1. The summed E-state index contributed by atoms with van der Waals surface area (Å²) in [5.74, 6) is 0.697. The van der Waals surface area contributed by atoms with Crippen LogP contribution in [-0.4, -0.2) is 28.2 Å². The number of thioether (sulfide) groups is 1. The number of H-pyrrole nitrogens is 1. The Kier molecular flexibility index (Phi) is 5.75. The van der Waals surface area contributed by atoms with Crippen LogP contribution < -0.4 is 15.7 Å². The van der Waals surface area contributed by atoms with E-state index in [2.05, 4.69) is 15.3 Å². The largest absolute Gasteiger partial charge is 0.492 e. The van der Waals surface area contributed by atoms with Crippen molar-refractivity contribution in [2.45, 2.75) is 37.6 Å². The molecule has 7 heteroatoms. The fourth-order valence-electron chi connectivity index (χ4n) is 2.89. The number of aryl methyl sites for hydroxylation is 1. The van der Waals surface area contributed by atoms with E-state index < -0.39 is 0 Å². The molecule has 1 aliphatic carbocycles. The molecule has 132 valence electrons. The Balaban J connectivity index is 1.67. The van der Waals surface area contributed by atoms with E-state index >= 15 is 0 Å². The van der Waals surface area contributed by atoms with Gasteiger partial charge in [0.15, 0.2) is 0 Å². The van der Waals surface area contributed by atoms with Gasteiger partial charge in [0.2, 0.25) is 5.91 Å². The highest BCUT2D eigenvalue weighted by Crippen LogP contribution is 2.28. The van der Waals surface area contributed by atoms with Crippen LogP contribution in [0.3, 0.4) is 0 Å². The Morgan fingerprint density at radius 3 is 2.96 bits per heavy atom. The van der Waals surface area contributed by atoms with Crippen molar-refractivity contribution in [3.8, 4) is 5.75 Å². The molecular weight excluding hydrogens is 338 g/mol. The van der Waals surface area contributed by atoms with Crippen molar-refractivity contribution in [1.82, 2.24) is 9.97 Å².